The van der Waals surface area contributed by atoms with Crippen LogP contribution in [0.5, 0.6) is 0 Å². The summed E-state index contributed by atoms with van der Waals surface area (Å²) in [6, 6.07) is 1.51. The van der Waals surface area contributed by atoms with Crippen LogP contribution in [0.25, 0.3) is 0 Å². The van der Waals surface area contributed by atoms with Crippen LogP contribution in [0.2, 0.25) is 0 Å². The van der Waals surface area contributed by atoms with Crippen LogP contribution in [0.3, 0.4) is 0 Å². The average Bonchev–Trinajstić information content (AvgIpc) is 2.53. The first-order chi connectivity index (χ1) is 9.72. The average molecular weight is 281 g/mol. The van der Waals surface area contributed by atoms with Gasteiger partial charge in [0.05, 0.1) is 6.10 Å². The van der Waals surface area contributed by atoms with Crippen LogP contribution in [0, 0.1) is 5.92 Å². The topological polar surface area (TPSA) is 23.5 Å². The number of hydrogen-bond donors (Lipinski definition) is 1. The highest BCUT2D eigenvalue weighted by atomic mass is 16.3. The van der Waals surface area contributed by atoms with Gasteiger partial charge in [-0.3, -0.25) is 4.90 Å². The zero-order valence-corrected chi connectivity index (χ0v) is 13.7. The van der Waals surface area contributed by atoms with Crippen molar-refractivity contribution in [2.45, 2.75) is 103 Å². The summed E-state index contributed by atoms with van der Waals surface area (Å²) >= 11 is 0. The normalized spacial score (nSPS) is 25.8. The minimum Gasteiger partial charge on any atom is -0.392 e. The minimum atomic E-state index is -0.135. The minimum absolute atomic E-state index is 0.135. The SMILES string of the molecule is CCC(C)C(O)CN(C1CCCCC1)C1CCCCC1. The highest BCUT2D eigenvalue weighted by Crippen LogP contribution is 2.30. The molecule has 0 aromatic carbocycles. The van der Waals surface area contributed by atoms with E-state index in [2.05, 4.69) is 18.7 Å². The smallest absolute Gasteiger partial charge is 0.0692 e. The Kier molecular flexibility index (Phi) is 6.83. The summed E-state index contributed by atoms with van der Waals surface area (Å²) in [5.74, 6) is 0.435. The van der Waals surface area contributed by atoms with E-state index < -0.39 is 0 Å². The second-order valence-electron chi connectivity index (χ2n) is 7.23. The van der Waals surface area contributed by atoms with Gasteiger partial charge < -0.3 is 5.11 Å². The fraction of sp³-hybridized carbons (Fsp3) is 1.00. The first-order valence-electron chi connectivity index (χ1n) is 9.16. The van der Waals surface area contributed by atoms with E-state index in [0.717, 1.165) is 25.0 Å². The predicted molar refractivity (Wildman–Crippen MR) is 85.9 cm³/mol. The molecule has 0 aromatic rings. The Balaban J connectivity index is 1.98. The molecule has 2 nitrogen and oxygen atoms in total. The van der Waals surface area contributed by atoms with E-state index >= 15 is 0 Å². The van der Waals surface area contributed by atoms with Crippen molar-refractivity contribution in [1.82, 2.24) is 4.90 Å². The monoisotopic (exact) mass is 281 g/mol. The molecule has 2 fully saturated rings. The lowest BCUT2D eigenvalue weighted by Crippen LogP contribution is -2.49. The number of nitrogens with zero attached hydrogens (tertiary/aromatic N) is 1. The van der Waals surface area contributed by atoms with Gasteiger partial charge in [0.25, 0.3) is 0 Å². The van der Waals surface area contributed by atoms with Gasteiger partial charge in [-0.05, 0) is 31.6 Å². The van der Waals surface area contributed by atoms with Gasteiger partial charge in [-0.15, -0.1) is 0 Å². The second kappa shape index (κ2) is 8.38. The molecular weight excluding hydrogens is 246 g/mol. The van der Waals surface area contributed by atoms with Crippen molar-refractivity contribution in [3.05, 3.63) is 0 Å². The largest absolute Gasteiger partial charge is 0.392 e. The first kappa shape index (κ1) is 16.3. The van der Waals surface area contributed by atoms with Crippen LogP contribution in [0.1, 0.15) is 84.5 Å². The highest BCUT2D eigenvalue weighted by Gasteiger charge is 2.30. The number of aliphatic hydroxyl groups is 1. The van der Waals surface area contributed by atoms with Gasteiger partial charge in [-0.25, -0.2) is 0 Å². The Morgan fingerprint density at radius 3 is 1.75 bits per heavy atom. The van der Waals surface area contributed by atoms with Crippen LogP contribution in [-0.2, 0) is 0 Å². The third-order valence-electron chi connectivity index (χ3n) is 5.79. The molecule has 2 rings (SSSR count). The van der Waals surface area contributed by atoms with Crippen LogP contribution in [0.4, 0.5) is 0 Å². The summed E-state index contributed by atoms with van der Waals surface area (Å²) < 4.78 is 0. The van der Waals surface area contributed by atoms with Crippen molar-refractivity contribution in [2.24, 2.45) is 5.92 Å². The van der Waals surface area contributed by atoms with Gasteiger partial charge in [0.2, 0.25) is 0 Å². The maximum absolute atomic E-state index is 10.5. The number of rotatable bonds is 6. The third-order valence-corrected chi connectivity index (χ3v) is 5.79. The molecule has 0 saturated heterocycles. The van der Waals surface area contributed by atoms with Gasteiger partial charge in [0.1, 0.15) is 0 Å². The zero-order valence-electron chi connectivity index (χ0n) is 13.7. The van der Waals surface area contributed by atoms with Crippen molar-refractivity contribution in [1.29, 1.82) is 0 Å². The lowest BCUT2D eigenvalue weighted by atomic mass is 9.87. The Bertz CT molecular complexity index is 238. The van der Waals surface area contributed by atoms with E-state index in [9.17, 15) is 5.11 Å². The Labute approximate surface area is 125 Å². The van der Waals surface area contributed by atoms with E-state index in [0.29, 0.717) is 5.92 Å². The summed E-state index contributed by atoms with van der Waals surface area (Å²) in [7, 11) is 0. The number of hydrogen-bond acceptors (Lipinski definition) is 2. The molecule has 118 valence electrons. The third kappa shape index (κ3) is 4.46. The maximum atomic E-state index is 10.5. The molecule has 0 aliphatic heterocycles. The summed E-state index contributed by atoms with van der Waals surface area (Å²) in [4.78, 5) is 2.73. The number of aliphatic hydroxyl groups excluding tert-OH is 1. The Hall–Kier alpha value is -0.0800. The predicted octanol–water partition coefficient (Wildman–Crippen LogP) is 4.36. The van der Waals surface area contributed by atoms with E-state index in [1.54, 1.807) is 0 Å². The second-order valence-corrected chi connectivity index (χ2v) is 7.23. The molecule has 20 heavy (non-hydrogen) atoms. The van der Waals surface area contributed by atoms with Crippen LogP contribution in [-0.4, -0.2) is 34.7 Å². The van der Waals surface area contributed by atoms with Gasteiger partial charge >= 0.3 is 0 Å². The highest BCUT2D eigenvalue weighted by molar-refractivity contribution is 4.85. The summed E-state index contributed by atoms with van der Waals surface area (Å²) in [6.45, 7) is 5.31. The molecule has 0 aromatic heterocycles. The molecular formula is C18H35NO. The molecule has 1 N–H and O–H groups in total. The molecule has 2 saturated carbocycles. The van der Waals surface area contributed by atoms with E-state index in [-0.39, 0.29) is 6.10 Å². The van der Waals surface area contributed by atoms with Gasteiger partial charge in [-0.1, -0.05) is 58.8 Å². The van der Waals surface area contributed by atoms with Crippen molar-refractivity contribution < 1.29 is 5.11 Å². The molecule has 0 spiro atoms. The lowest BCUT2D eigenvalue weighted by Gasteiger charge is -2.43. The summed E-state index contributed by atoms with van der Waals surface area (Å²) in [5, 5.41) is 10.5. The molecule has 2 aliphatic carbocycles. The molecule has 0 bridgehead atoms. The van der Waals surface area contributed by atoms with Crippen molar-refractivity contribution in [3.8, 4) is 0 Å². The Morgan fingerprint density at radius 2 is 1.35 bits per heavy atom. The molecule has 0 amide bonds. The summed E-state index contributed by atoms with van der Waals surface area (Å²) in [6.07, 6.45) is 14.8. The van der Waals surface area contributed by atoms with Crippen LogP contribution < -0.4 is 0 Å². The lowest BCUT2D eigenvalue weighted by molar-refractivity contribution is 0.00875. The van der Waals surface area contributed by atoms with Crippen molar-refractivity contribution in [2.75, 3.05) is 6.54 Å². The van der Waals surface area contributed by atoms with Crippen LogP contribution in [0.15, 0.2) is 0 Å². The zero-order chi connectivity index (χ0) is 14.4. The molecule has 2 heteroatoms. The van der Waals surface area contributed by atoms with Crippen molar-refractivity contribution in [3.63, 3.8) is 0 Å². The standard InChI is InChI=1S/C18H35NO/c1-3-15(2)18(20)14-19(16-10-6-4-7-11-16)17-12-8-5-9-13-17/h15-18,20H,3-14H2,1-2H3. The fourth-order valence-corrected chi connectivity index (χ4v) is 4.09. The first-order valence-corrected chi connectivity index (χ1v) is 9.16. The van der Waals surface area contributed by atoms with Gasteiger partial charge in [-0.2, -0.15) is 0 Å². The molecule has 2 atom stereocenters. The van der Waals surface area contributed by atoms with Gasteiger partial charge in [0.15, 0.2) is 0 Å². The quantitative estimate of drug-likeness (QED) is 0.782. The Morgan fingerprint density at radius 1 is 0.900 bits per heavy atom. The van der Waals surface area contributed by atoms with E-state index in [1.165, 1.54) is 64.2 Å². The van der Waals surface area contributed by atoms with Crippen LogP contribution >= 0.6 is 0 Å². The van der Waals surface area contributed by atoms with Gasteiger partial charge in [0, 0.05) is 18.6 Å². The fourth-order valence-electron chi connectivity index (χ4n) is 4.09. The molecule has 2 unspecified atom stereocenters. The van der Waals surface area contributed by atoms with E-state index in [1.807, 2.05) is 0 Å². The maximum Gasteiger partial charge on any atom is 0.0692 e. The molecule has 2 aliphatic rings. The summed E-state index contributed by atoms with van der Waals surface area (Å²) in [5.41, 5.74) is 0. The van der Waals surface area contributed by atoms with E-state index in [4.69, 9.17) is 0 Å². The molecule has 0 heterocycles. The van der Waals surface area contributed by atoms with Crippen molar-refractivity contribution >= 4 is 0 Å². The molecule has 0 radical (unpaired) electrons.